The summed E-state index contributed by atoms with van der Waals surface area (Å²) in [6, 6.07) is 8.07. The van der Waals surface area contributed by atoms with E-state index < -0.39 is 0 Å². The van der Waals surface area contributed by atoms with E-state index in [9.17, 15) is 0 Å². The number of pyridine rings is 1. The number of rotatable bonds is 4. The fourth-order valence-electron chi connectivity index (χ4n) is 2.69. The molecule has 0 amide bonds. The third kappa shape index (κ3) is 3.10. The van der Waals surface area contributed by atoms with Crippen molar-refractivity contribution in [1.29, 1.82) is 0 Å². The van der Waals surface area contributed by atoms with E-state index in [1.807, 2.05) is 24.4 Å². The van der Waals surface area contributed by atoms with E-state index in [0.717, 1.165) is 36.7 Å². The Balaban J connectivity index is 1.71. The molecule has 1 aromatic heterocycles. The SMILES string of the molecule is COc1cncc(C[C@H]2COc3cc(OC)ccc3C2)c1. The van der Waals surface area contributed by atoms with E-state index in [-0.39, 0.29) is 0 Å². The van der Waals surface area contributed by atoms with Gasteiger partial charge in [-0.1, -0.05) is 6.07 Å². The Morgan fingerprint density at radius 1 is 1.14 bits per heavy atom. The first-order valence-corrected chi connectivity index (χ1v) is 7.06. The second-order valence-corrected chi connectivity index (χ2v) is 5.29. The molecule has 0 N–H and O–H groups in total. The Kier molecular flexibility index (Phi) is 3.95. The van der Waals surface area contributed by atoms with Gasteiger partial charge in [0, 0.05) is 18.2 Å². The minimum atomic E-state index is 0.458. The number of nitrogens with zero attached hydrogens (tertiary/aromatic N) is 1. The fourth-order valence-corrected chi connectivity index (χ4v) is 2.69. The Hall–Kier alpha value is -2.23. The highest BCUT2D eigenvalue weighted by atomic mass is 16.5. The van der Waals surface area contributed by atoms with E-state index in [1.54, 1.807) is 20.4 Å². The van der Waals surface area contributed by atoms with Crippen LogP contribution in [0.25, 0.3) is 0 Å². The van der Waals surface area contributed by atoms with Crippen molar-refractivity contribution in [3.05, 3.63) is 47.8 Å². The van der Waals surface area contributed by atoms with Gasteiger partial charge < -0.3 is 14.2 Å². The van der Waals surface area contributed by atoms with Crippen molar-refractivity contribution in [2.75, 3.05) is 20.8 Å². The Bertz CT molecular complexity index is 627. The lowest BCUT2D eigenvalue weighted by molar-refractivity contribution is 0.220. The summed E-state index contributed by atoms with van der Waals surface area (Å²) >= 11 is 0. The molecule has 1 aliphatic rings. The van der Waals surface area contributed by atoms with Crippen molar-refractivity contribution in [3.8, 4) is 17.2 Å². The Morgan fingerprint density at radius 3 is 2.81 bits per heavy atom. The van der Waals surface area contributed by atoms with Gasteiger partial charge in [0.05, 0.1) is 27.0 Å². The molecule has 0 saturated carbocycles. The summed E-state index contributed by atoms with van der Waals surface area (Å²) in [5.74, 6) is 3.03. The highest BCUT2D eigenvalue weighted by Crippen LogP contribution is 2.32. The molecule has 0 radical (unpaired) electrons. The van der Waals surface area contributed by atoms with Crippen molar-refractivity contribution in [2.24, 2.45) is 5.92 Å². The molecule has 0 saturated heterocycles. The molecule has 2 aromatic rings. The lowest BCUT2D eigenvalue weighted by Gasteiger charge is -2.25. The van der Waals surface area contributed by atoms with Crippen molar-refractivity contribution >= 4 is 0 Å². The predicted octanol–water partition coefficient (Wildman–Crippen LogP) is 2.89. The molecule has 4 heteroatoms. The topological polar surface area (TPSA) is 40.6 Å². The molecule has 1 aromatic carbocycles. The number of hydrogen-bond donors (Lipinski definition) is 0. The van der Waals surface area contributed by atoms with Gasteiger partial charge >= 0.3 is 0 Å². The summed E-state index contributed by atoms with van der Waals surface area (Å²) in [4.78, 5) is 4.21. The number of benzene rings is 1. The summed E-state index contributed by atoms with van der Waals surface area (Å²) in [5, 5.41) is 0. The number of methoxy groups -OCH3 is 2. The van der Waals surface area contributed by atoms with E-state index in [4.69, 9.17) is 14.2 Å². The van der Waals surface area contributed by atoms with Gasteiger partial charge in [-0.3, -0.25) is 4.98 Å². The monoisotopic (exact) mass is 285 g/mol. The number of hydrogen-bond acceptors (Lipinski definition) is 4. The molecule has 0 fully saturated rings. The Morgan fingerprint density at radius 2 is 2.00 bits per heavy atom. The molecule has 0 aliphatic carbocycles. The van der Waals surface area contributed by atoms with Gasteiger partial charge in [0.15, 0.2) is 0 Å². The van der Waals surface area contributed by atoms with Crippen LogP contribution in [-0.2, 0) is 12.8 Å². The van der Waals surface area contributed by atoms with Crippen molar-refractivity contribution in [2.45, 2.75) is 12.8 Å². The third-order valence-electron chi connectivity index (χ3n) is 3.79. The van der Waals surface area contributed by atoms with Crippen molar-refractivity contribution in [1.82, 2.24) is 4.98 Å². The van der Waals surface area contributed by atoms with Crippen LogP contribution in [0.1, 0.15) is 11.1 Å². The fraction of sp³-hybridized carbons (Fsp3) is 0.353. The number of ether oxygens (including phenoxy) is 3. The maximum Gasteiger partial charge on any atom is 0.137 e. The molecule has 4 nitrogen and oxygen atoms in total. The first-order valence-electron chi connectivity index (χ1n) is 7.06. The van der Waals surface area contributed by atoms with Crippen LogP contribution in [0.4, 0.5) is 0 Å². The zero-order chi connectivity index (χ0) is 14.7. The normalized spacial score (nSPS) is 16.8. The average molecular weight is 285 g/mol. The highest BCUT2D eigenvalue weighted by molar-refractivity contribution is 5.42. The van der Waals surface area contributed by atoms with E-state index in [1.165, 1.54) is 11.1 Å². The summed E-state index contributed by atoms with van der Waals surface area (Å²) in [6.45, 7) is 0.720. The molecule has 110 valence electrons. The largest absolute Gasteiger partial charge is 0.497 e. The van der Waals surface area contributed by atoms with Crippen molar-refractivity contribution < 1.29 is 14.2 Å². The highest BCUT2D eigenvalue weighted by Gasteiger charge is 2.21. The lowest BCUT2D eigenvalue weighted by atomic mass is 9.91. The molecule has 1 atom stereocenters. The third-order valence-corrected chi connectivity index (χ3v) is 3.79. The Labute approximate surface area is 124 Å². The van der Waals surface area contributed by atoms with Crippen LogP contribution in [0.2, 0.25) is 0 Å². The lowest BCUT2D eigenvalue weighted by Crippen LogP contribution is -2.22. The molecule has 0 bridgehead atoms. The van der Waals surface area contributed by atoms with Crippen LogP contribution in [-0.4, -0.2) is 25.8 Å². The van der Waals surface area contributed by atoms with Gasteiger partial charge in [0.1, 0.15) is 17.2 Å². The van der Waals surface area contributed by atoms with Crippen LogP contribution >= 0.6 is 0 Å². The van der Waals surface area contributed by atoms with Gasteiger partial charge in [-0.05, 0) is 36.1 Å². The summed E-state index contributed by atoms with van der Waals surface area (Å²) < 4.78 is 16.3. The molecule has 0 spiro atoms. The first kappa shape index (κ1) is 13.7. The zero-order valence-electron chi connectivity index (χ0n) is 12.3. The van der Waals surface area contributed by atoms with Crippen LogP contribution in [0, 0.1) is 5.92 Å². The van der Waals surface area contributed by atoms with Crippen LogP contribution in [0.15, 0.2) is 36.7 Å². The second kappa shape index (κ2) is 6.04. The van der Waals surface area contributed by atoms with E-state index in [0.29, 0.717) is 5.92 Å². The minimum Gasteiger partial charge on any atom is -0.497 e. The molecule has 2 heterocycles. The molecule has 3 rings (SSSR count). The standard InChI is InChI=1S/C17H19NO3/c1-19-15-4-3-14-6-13(11-21-17(14)8-15)5-12-7-16(20-2)10-18-9-12/h3-4,7-10,13H,5-6,11H2,1-2H3/t13-/m1/s1. The maximum absolute atomic E-state index is 5.88. The summed E-state index contributed by atoms with van der Waals surface area (Å²) in [5.41, 5.74) is 2.42. The van der Waals surface area contributed by atoms with Crippen LogP contribution in [0.5, 0.6) is 17.2 Å². The van der Waals surface area contributed by atoms with Gasteiger partial charge in [-0.15, -0.1) is 0 Å². The maximum atomic E-state index is 5.88. The van der Waals surface area contributed by atoms with Crippen LogP contribution in [0.3, 0.4) is 0 Å². The molecule has 1 aliphatic heterocycles. The quantitative estimate of drug-likeness (QED) is 0.866. The van der Waals surface area contributed by atoms with Crippen LogP contribution < -0.4 is 14.2 Å². The molecular formula is C17H19NO3. The molecular weight excluding hydrogens is 266 g/mol. The zero-order valence-corrected chi connectivity index (χ0v) is 12.3. The second-order valence-electron chi connectivity index (χ2n) is 5.29. The first-order chi connectivity index (χ1) is 10.3. The number of fused-ring (bicyclic) bond motifs is 1. The smallest absolute Gasteiger partial charge is 0.137 e. The van der Waals surface area contributed by atoms with Gasteiger partial charge in [-0.2, -0.15) is 0 Å². The number of aromatic nitrogens is 1. The van der Waals surface area contributed by atoms with Crippen molar-refractivity contribution in [3.63, 3.8) is 0 Å². The summed E-state index contributed by atoms with van der Waals surface area (Å²) in [7, 11) is 3.33. The van der Waals surface area contributed by atoms with Gasteiger partial charge in [0.2, 0.25) is 0 Å². The molecule has 21 heavy (non-hydrogen) atoms. The van der Waals surface area contributed by atoms with E-state index >= 15 is 0 Å². The predicted molar refractivity (Wildman–Crippen MR) is 80.2 cm³/mol. The summed E-state index contributed by atoms with van der Waals surface area (Å²) in [6.07, 6.45) is 5.57. The average Bonchev–Trinajstić information content (AvgIpc) is 2.54. The minimum absolute atomic E-state index is 0.458. The van der Waals surface area contributed by atoms with Gasteiger partial charge in [0.25, 0.3) is 0 Å². The molecule has 0 unspecified atom stereocenters. The van der Waals surface area contributed by atoms with E-state index in [2.05, 4.69) is 11.1 Å². The van der Waals surface area contributed by atoms with Gasteiger partial charge in [-0.25, -0.2) is 0 Å².